The van der Waals surface area contributed by atoms with E-state index in [4.69, 9.17) is 15.8 Å². The average molecular weight is 381 g/mol. The molecule has 0 bridgehead atoms. The number of hydrogen-bond acceptors (Lipinski definition) is 4. The van der Waals surface area contributed by atoms with Gasteiger partial charge in [0.2, 0.25) is 0 Å². The Balaban J connectivity index is 0.000000596. The lowest BCUT2D eigenvalue weighted by Crippen LogP contribution is -2.49. The molecule has 3 N–H and O–H groups in total. The van der Waals surface area contributed by atoms with E-state index < -0.39 is 12.2 Å². The van der Waals surface area contributed by atoms with Crippen molar-refractivity contribution in [2.75, 3.05) is 0 Å². The molecule has 1 aliphatic carbocycles. The Morgan fingerprint density at radius 2 is 1.78 bits per heavy atom. The van der Waals surface area contributed by atoms with Crippen LogP contribution in [0.15, 0.2) is 29.3 Å². The second-order valence-electron chi connectivity index (χ2n) is 7.43. The molecule has 150 valence electrons. The highest BCUT2D eigenvalue weighted by atomic mass is 19.3. The molecule has 7 heteroatoms. The normalized spacial score (nSPS) is 23.5. The molecule has 0 aromatic heterocycles. The predicted octanol–water partition coefficient (Wildman–Crippen LogP) is 3.54. The predicted molar refractivity (Wildman–Crippen MR) is 101 cm³/mol. The van der Waals surface area contributed by atoms with Gasteiger partial charge in [0.1, 0.15) is 0 Å². The van der Waals surface area contributed by atoms with Crippen LogP contribution in [0.1, 0.15) is 57.1 Å². The average Bonchev–Trinajstić information content (AvgIpc) is 2.87. The van der Waals surface area contributed by atoms with Gasteiger partial charge < -0.3 is 10.8 Å². The molecule has 2 aliphatic rings. The molecule has 1 atom stereocenters. The molecular weight excluding hydrogens is 352 g/mol. The number of nitrogens with zero attached hydrogens (tertiary/aromatic N) is 2. The molecule has 5 nitrogen and oxygen atoms in total. The number of carbonyl (C=O) groups excluding carboxylic acids is 1. The van der Waals surface area contributed by atoms with Crippen LogP contribution >= 0.6 is 0 Å². The Bertz CT molecular complexity index is 685. The number of nitrogens with two attached hydrogens (primary N) is 1. The van der Waals surface area contributed by atoms with Gasteiger partial charge in [-0.15, -0.1) is 0 Å². The molecular formula is C20H29F2N3O2. The summed E-state index contributed by atoms with van der Waals surface area (Å²) in [6, 6.07) is 8.17. The lowest BCUT2D eigenvalue weighted by atomic mass is 9.70. The topological polar surface area (TPSA) is 78.9 Å². The van der Waals surface area contributed by atoms with E-state index in [1.54, 1.807) is 4.90 Å². The van der Waals surface area contributed by atoms with Gasteiger partial charge in [0.05, 0.1) is 0 Å². The minimum Gasteiger partial charge on any atom is -0.369 e. The summed E-state index contributed by atoms with van der Waals surface area (Å²) in [4.78, 5) is 20.0. The Hall–Kier alpha value is -2.02. The number of aliphatic hydroxyl groups excluding tert-OH is 1. The SMILES string of the molecule is Cc1ccccc1C1(C2CCCCC2)N=C(N)N(C(C)C)C1=O.OC(F)F. The van der Waals surface area contributed by atoms with Crippen LogP contribution in [-0.4, -0.2) is 34.5 Å². The molecule has 1 fully saturated rings. The monoisotopic (exact) mass is 381 g/mol. The van der Waals surface area contributed by atoms with Gasteiger partial charge in [0.25, 0.3) is 5.91 Å². The number of carbonyl (C=O) groups is 1. The summed E-state index contributed by atoms with van der Waals surface area (Å²) in [5, 5.41) is 6.72. The fourth-order valence-electron chi connectivity index (χ4n) is 4.25. The van der Waals surface area contributed by atoms with Gasteiger partial charge in [-0.05, 0) is 50.7 Å². The minimum atomic E-state index is -3.17. The van der Waals surface area contributed by atoms with Crippen molar-refractivity contribution < 1.29 is 18.7 Å². The molecule has 1 amide bonds. The smallest absolute Gasteiger partial charge is 0.342 e. The highest BCUT2D eigenvalue weighted by Gasteiger charge is 2.55. The summed E-state index contributed by atoms with van der Waals surface area (Å²) in [6.45, 7) is 2.89. The van der Waals surface area contributed by atoms with E-state index in [1.165, 1.54) is 19.3 Å². The number of aliphatic imine (C=N–C) groups is 1. The van der Waals surface area contributed by atoms with E-state index in [9.17, 15) is 13.6 Å². The van der Waals surface area contributed by atoms with E-state index in [1.807, 2.05) is 26.0 Å². The second-order valence-corrected chi connectivity index (χ2v) is 7.43. The van der Waals surface area contributed by atoms with Crippen molar-refractivity contribution in [3.8, 4) is 0 Å². The van der Waals surface area contributed by atoms with Gasteiger partial charge in [0, 0.05) is 6.04 Å². The third-order valence-electron chi connectivity index (χ3n) is 5.35. The first-order chi connectivity index (χ1) is 12.7. The molecule has 0 saturated heterocycles. The van der Waals surface area contributed by atoms with Crippen LogP contribution in [0, 0.1) is 12.8 Å². The van der Waals surface area contributed by atoms with Crippen molar-refractivity contribution in [1.29, 1.82) is 0 Å². The Labute approximate surface area is 159 Å². The van der Waals surface area contributed by atoms with Crippen LogP contribution in [0.2, 0.25) is 0 Å². The maximum Gasteiger partial charge on any atom is 0.342 e. The Morgan fingerprint density at radius 3 is 2.26 bits per heavy atom. The number of guanidine groups is 1. The number of aliphatic hydroxyl groups is 1. The highest BCUT2D eigenvalue weighted by molar-refractivity contribution is 6.07. The van der Waals surface area contributed by atoms with Gasteiger partial charge in [-0.25, -0.2) is 4.99 Å². The number of rotatable bonds is 3. The molecule has 0 radical (unpaired) electrons. The fraction of sp³-hybridized carbons (Fsp3) is 0.600. The van der Waals surface area contributed by atoms with Gasteiger partial charge >= 0.3 is 6.61 Å². The third-order valence-corrected chi connectivity index (χ3v) is 5.35. The summed E-state index contributed by atoms with van der Waals surface area (Å²) in [5.41, 5.74) is 7.53. The van der Waals surface area contributed by atoms with Crippen LogP contribution in [0.25, 0.3) is 0 Å². The van der Waals surface area contributed by atoms with Crippen molar-refractivity contribution in [3.63, 3.8) is 0 Å². The maximum atomic E-state index is 13.5. The van der Waals surface area contributed by atoms with Crippen molar-refractivity contribution >= 4 is 11.9 Å². The number of halogens is 2. The van der Waals surface area contributed by atoms with Crippen LogP contribution in [-0.2, 0) is 10.3 Å². The summed E-state index contributed by atoms with van der Waals surface area (Å²) < 4.78 is 19.8. The van der Waals surface area contributed by atoms with E-state index >= 15 is 0 Å². The van der Waals surface area contributed by atoms with Crippen molar-refractivity contribution in [2.24, 2.45) is 16.6 Å². The lowest BCUT2D eigenvalue weighted by Gasteiger charge is -2.38. The highest BCUT2D eigenvalue weighted by Crippen LogP contribution is 2.47. The molecule has 1 unspecified atom stereocenters. The van der Waals surface area contributed by atoms with Crippen molar-refractivity contribution in [1.82, 2.24) is 4.90 Å². The molecule has 1 heterocycles. The molecule has 3 rings (SSSR count). The number of amides is 1. The number of benzene rings is 1. The van der Waals surface area contributed by atoms with Gasteiger partial charge in [-0.2, -0.15) is 8.78 Å². The summed E-state index contributed by atoms with van der Waals surface area (Å²) in [6.07, 6.45) is 5.68. The first-order valence-electron chi connectivity index (χ1n) is 9.43. The molecule has 0 spiro atoms. The fourth-order valence-corrected chi connectivity index (χ4v) is 4.25. The zero-order chi connectivity index (χ0) is 20.2. The van der Waals surface area contributed by atoms with E-state index in [2.05, 4.69) is 19.1 Å². The van der Waals surface area contributed by atoms with E-state index in [0.29, 0.717) is 5.96 Å². The first-order valence-corrected chi connectivity index (χ1v) is 9.43. The van der Waals surface area contributed by atoms with Crippen molar-refractivity contribution in [3.05, 3.63) is 35.4 Å². The Morgan fingerprint density at radius 1 is 1.22 bits per heavy atom. The standard InChI is InChI=1S/C19H27N3O.CH2F2O/c1-13(2)22-17(23)19(21-18(22)20,15-10-5-4-6-11-15)16-12-8-7-9-14(16)3;2-1(3)4/h7-9,12-13,15H,4-6,10-11H2,1-3H3,(H2,20,21);1,4H. The molecule has 1 aromatic rings. The number of alkyl halides is 2. The quantitative estimate of drug-likeness (QED) is 0.841. The molecule has 1 saturated carbocycles. The van der Waals surface area contributed by atoms with Crippen LogP contribution in [0.3, 0.4) is 0 Å². The van der Waals surface area contributed by atoms with Crippen LogP contribution in [0.5, 0.6) is 0 Å². The van der Waals surface area contributed by atoms with Crippen LogP contribution < -0.4 is 5.73 Å². The van der Waals surface area contributed by atoms with Crippen LogP contribution in [0.4, 0.5) is 8.78 Å². The van der Waals surface area contributed by atoms with Gasteiger partial charge in [0.15, 0.2) is 11.5 Å². The molecule has 1 aromatic carbocycles. The first kappa shape index (κ1) is 21.3. The van der Waals surface area contributed by atoms with Crippen molar-refractivity contribution in [2.45, 2.75) is 71.1 Å². The second kappa shape index (κ2) is 8.78. The van der Waals surface area contributed by atoms with E-state index in [-0.39, 0.29) is 17.9 Å². The maximum absolute atomic E-state index is 13.5. The zero-order valence-electron chi connectivity index (χ0n) is 16.2. The minimum absolute atomic E-state index is 0.0285. The third kappa shape index (κ3) is 4.29. The summed E-state index contributed by atoms with van der Waals surface area (Å²) in [5.74, 6) is 0.678. The molecule has 1 aliphatic heterocycles. The van der Waals surface area contributed by atoms with E-state index in [0.717, 1.165) is 24.0 Å². The summed E-state index contributed by atoms with van der Waals surface area (Å²) >= 11 is 0. The lowest BCUT2D eigenvalue weighted by molar-refractivity contribution is -0.135. The largest absolute Gasteiger partial charge is 0.369 e. The van der Waals surface area contributed by atoms with Gasteiger partial charge in [-0.1, -0.05) is 43.5 Å². The zero-order valence-corrected chi connectivity index (χ0v) is 16.2. The summed E-state index contributed by atoms with van der Waals surface area (Å²) in [7, 11) is 0. The number of aryl methyl sites for hydroxylation is 1. The number of hydrogen-bond donors (Lipinski definition) is 2. The molecule has 27 heavy (non-hydrogen) atoms. The Kier molecular flexibility index (Phi) is 6.92. The van der Waals surface area contributed by atoms with Gasteiger partial charge in [-0.3, -0.25) is 9.69 Å².